The highest BCUT2D eigenvalue weighted by molar-refractivity contribution is 6.05. The van der Waals surface area contributed by atoms with Crippen LogP contribution >= 0.6 is 0 Å². The van der Waals surface area contributed by atoms with Gasteiger partial charge in [-0.1, -0.05) is 6.07 Å². The summed E-state index contributed by atoms with van der Waals surface area (Å²) in [5.41, 5.74) is -0.0298. The number of carbonyl (C=O) groups is 1. The zero-order valence-corrected chi connectivity index (χ0v) is 18.6. The largest absolute Gasteiger partial charge is 0.494 e. The zero-order chi connectivity index (χ0) is 22.9. The Balaban J connectivity index is 1.58. The molecule has 7 nitrogen and oxygen atoms in total. The molecule has 1 aliphatic carbocycles. The van der Waals surface area contributed by atoms with Gasteiger partial charge in [-0.3, -0.25) is 9.48 Å². The Bertz CT molecular complexity index is 1110. The molecule has 8 heteroatoms. The first-order valence-corrected chi connectivity index (χ1v) is 10.9. The lowest BCUT2D eigenvalue weighted by Crippen LogP contribution is -2.20. The normalized spacial score (nSPS) is 19.2. The van der Waals surface area contributed by atoms with E-state index in [2.05, 4.69) is 10.3 Å². The summed E-state index contributed by atoms with van der Waals surface area (Å²) < 4.78 is 21.7. The van der Waals surface area contributed by atoms with E-state index >= 15 is 0 Å². The molecule has 0 unspecified atom stereocenters. The van der Waals surface area contributed by atoms with Crippen LogP contribution in [0, 0.1) is 5.92 Å². The number of benzene rings is 1. The molecule has 1 fully saturated rings. The van der Waals surface area contributed by atoms with Crippen molar-refractivity contribution in [1.82, 2.24) is 14.8 Å². The number of pyridine rings is 1. The van der Waals surface area contributed by atoms with Gasteiger partial charge in [0.15, 0.2) is 0 Å². The van der Waals surface area contributed by atoms with Crippen LogP contribution in [0.25, 0.3) is 10.9 Å². The Labute approximate surface area is 186 Å². The fourth-order valence-electron chi connectivity index (χ4n) is 4.20. The van der Waals surface area contributed by atoms with E-state index in [-0.39, 0.29) is 18.0 Å². The van der Waals surface area contributed by atoms with E-state index in [1.807, 2.05) is 16.9 Å². The van der Waals surface area contributed by atoms with Crippen molar-refractivity contribution in [2.24, 2.45) is 5.92 Å². The number of carbonyl (C=O) groups excluding carboxylic acids is 1. The summed E-state index contributed by atoms with van der Waals surface area (Å²) in [6.45, 7) is 3.05. The number of amides is 1. The molecule has 2 heterocycles. The highest BCUT2D eigenvalue weighted by atomic mass is 19.1. The standard InChI is InChI=1S/C24H29FN4O3/c1-24(2,25)22-6-4-5-18(26-22)23(31)27-20-11-16-13-29(28-19(16)12-21(20)32-3)17-9-7-15(14-30)8-10-17/h4-6,11-13,15,17,30H,7-10,14H2,1-3H3,(H,27,31)/t15-,17-. The van der Waals surface area contributed by atoms with E-state index in [1.165, 1.54) is 21.0 Å². The van der Waals surface area contributed by atoms with Crippen LogP contribution in [0.3, 0.4) is 0 Å². The Morgan fingerprint density at radius 1 is 1.28 bits per heavy atom. The van der Waals surface area contributed by atoms with E-state index in [9.17, 15) is 14.3 Å². The number of aliphatic hydroxyl groups excluding tert-OH is 1. The number of anilines is 1. The second kappa shape index (κ2) is 8.86. The Hall–Kier alpha value is -3.00. The molecule has 0 saturated heterocycles. The van der Waals surface area contributed by atoms with Crippen LogP contribution < -0.4 is 10.1 Å². The number of aliphatic hydroxyl groups is 1. The van der Waals surface area contributed by atoms with Crippen molar-refractivity contribution >= 4 is 22.5 Å². The van der Waals surface area contributed by atoms with Gasteiger partial charge < -0.3 is 15.2 Å². The van der Waals surface area contributed by atoms with Crippen molar-refractivity contribution in [2.45, 2.75) is 51.2 Å². The molecular weight excluding hydrogens is 411 g/mol. The number of methoxy groups -OCH3 is 1. The lowest BCUT2D eigenvalue weighted by Gasteiger charge is -2.27. The number of ether oxygens (including phenoxy) is 1. The molecule has 32 heavy (non-hydrogen) atoms. The minimum atomic E-state index is -1.64. The first-order chi connectivity index (χ1) is 15.3. The van der Waals surface area contributed by atoms with Gasteiger partial charge in [0.1, 0.15) is 17.1 Å². The number of halogens is 1. The summed E-state index contributed by atoms with van der Waals surface area (Å²) >= 11 is 0. The summed E-state index contributed by atoms with van der Waals surface area (Å²) in [5, 5.41) is 17.8. The third-order valence-electron chi connectivity index (χ3n) is 6.13. The van der Waals surface area contributed by atoms with Crippen molar-refractivity contribution in [1.29, 1.82) is 0 Å². The molecule has 0 atom stereocenters. The molecule has 4 rings (SSSR count). The molecule has 2 aromatic heterocycles. The van der Waals surface area contributed by atoms with E-state index in [0.717, 1.165) is 36.6 Å². The van der Waals surface area contributed by atoms with Gasteiger partial charge in [0.2, 0.25) is 0 Å². The maximum atomic E-state index is 14.2. The Morgan fingerprint density at radius 3 is 2.69 bits per heavy atom. The predicted molar refractivity (Wildman–Crippen MR) is 121 cm³/mol. The molecule has 1 amide bonds. The van der Waals surface area contributed by atoms with Gasteiger partial charge in [0, 0.05) is 24.3 Å². The molecule has 1 saturated carbocycles. The summed E-state index contributed by atoms with van der Waals surface area (Å²) in [4.78, 5) is 17.0. The maximum absolute atomic E-state index is 14.2. The van der Waals surface area contributed by atoms with Gasteiger partial charge in [-0.25, -0.2) is 9.37 Å². The lowest BCUT2D eigenvalue weighted by atomic mass is 9.87. The van der Waals surface area contributed by atoms with Crippen molar-refractivity contribution < 1.29 is 19.0 Å². The van der Waals surface area contributed by atoms with Gasteiger partial charge in [-0.15, -0.1) is 0 Å². The van der Waals surface area contributed by atoms with Crippen LogP contribution in [0.1, 0.15) is 61.8 Å². The van der Waals surface area contributed by atoms with Gasteiger partial charge >= 0.3 is 0 Å². The van der Waals surface area contributed by atoms with Gasteiger partial charge in [0.05, 0.1) is 30.0 Å². The van der Waals surface area contributed by atoms with Crippen LogP contribution in [-0.2, 0) is 5.67 Å². The molecule has 2 N–H and O–H groups in total. The highest BCUT2D eigenvalue weighted by Gasteiger charge is 2.24. The fourth-order valence-corrected chi connectivity index (χ4v) is 4.20. The van der Waals surface area contributed by atoms with Crippen LogP contribution in [0.4, 0.5) is 10.1 Å². The molecular formula is C24H29FN4O3. The van der Waals surface area contributed by atoms with Gasteiger partial charge in [-0.05, 0) is 63.6 Å². The minimum absolute atomic E-state index is 0.131. The summed E-state index contributed by atoms with van der Waals surface area (Å²) in [6, 6.07) is 8.66. The second-order valence-corrected chi connectivity index (χ2v) is 8.91. The molecule has 1 aromatic carbocycles. The average Bonchev–Trinajstić information content (AvgIpc) is 3.21. The number of rotatable bonds is 6. The van der Waals surface area contributed by atoms with Crippen molar-refractivity contribution in [2.75, 3.05) is 19.0 Å². The number of nitrogens with zero attached hydrogens (tertiary/aromatic N) is 3. The molecule has 0 aliphatic heterocycles. The smallest absolute Gasteiger partial charge is 0.274 e. The number of nitrogens with one attached hydrogen (secondary N) is 1. The number of fused-ring (bicyclic) bond motifs is 1. The Morgan fingerprint density at radius 2 is 2.03 bits per heavy atom. The van der Waals surface area contributed by atoms with Crippen molar-refractivity contribution in [3.05, 3.63) is 47.9 Å². The predicted octanol–water partition coefficient (Wildman–Crippen LogP) is 4.62. The lowest BCUT2D eigenvalue weighted by molar-refractivity contribution is 0.102. The SMILES string of the molecule is COc1cc2nn([C@H]3CC[C@H](CO)CC3)cc2cc1NC(=O)c1cccc(C(C)(C)F)n1. The van der Waals surface area contributed by atoms with Crippen LogP contribution in [-0.4, -0.2) is 39.5 Å². The third-order valence-corrected chi connectivity index (χ3v) is 6.13. The molecule has 3 aromatic rings. The summed E-state index contributed by atoms with van der Waals surface area (Å²) in [7, 11) is 1.54. The average molecular weight is 441 g/mol. The van der Waals surface area contributed by atoms with Crippen molar-refractivity contribution in [3.8, 4) is 5.75 Å². The number of alkyl halides is 1. The van der Waals surface area contributed by atoms with Crippen LogP contribution in [0.15, 0.2) is 36.5 Å². The molecule has 0 spiro atoms. The number of hydrogen-bond donors (Lipinski definition) is 2. The second-order valence-electron chi connectivity index (χ2n) is 8.91. The fraction of sp³-hybridized carbons (Fsp3) is 0.458. The number of hydrogen-bond acceptors (Lipinski definition) is 5. The molecule has 1 aliphatic rings. The summed E-state index contributed by atoms with van der Waals surface area (Å²) in [6.07, 6.45) is 5.92. The maximum Gasteiger partial charge on any atom is 0.274 e. The van der Waals surface area contributed by atoms with E-state index in [0.29, 0.717) is 23.4 Å². The van der Waals surface area contributed by atoms with Crippen LogP contribution in [0.5, 0.6) is 5.75 Å². The minimum Gasteiger partial charge on any atom is -0.494 e. The van der Waals surface area contributed by atoms with E-state index in [1.54, 1.807) is 24.3 Å². The highest BCUT2D eigenvalue weighted by Crippen LogP contribution is 2.35. The van der Waals surface area contributed by atoms with E-state index < -0.39 is 11.6 Å². The quantitative estimate of drug-likeness (QED) is 0.584. The topological polar surface area (TPSA) is 89.3 Å². The summed E-state index contributed by atoms with van der Waals surface area (Å²) in [5.74, 6) is 0.429. The van der Waals surface area contributed by atoms with Crippen molar-refractivity contribution in [3.63, 3.8) is 0 Å². The molecule has 0 radical (unpaired) electrons. The molecule has 170 valence electrons. The van der Waals surface area contributed by atoms with Crippen LogP contribution in [0.2, 0.25) is 0 Å². The van der Waals surface area contributed by atoms with Gasteiger partial charge in [-0.2, -0.15) is 5.10 Å². The van der Waals surface area contributed by atoms with E-state index in [4.69, 9.17) is 9.84 Å². The Kier molecular flexibility index (Phi) is 6.15. The zero-order valence-electron chi connectivity index (χ0n) is 18.6. The first-order valence-electron chi connectivity index (χ1n) is 10.9. The molecule has 0 bridgehead atoms. The monoisotopic (exact) mass is 440 g/mol. The number of aromatic nitrogens is 3. The van der Waals surface area contributed by atoms with Gasteiger partial charge in [0.25, 0.3) is 5.91 Å². The third kappa shape index (κ3) is 4.60. The first kappa shape index (κ1) is 22.2.